The summed E-state index contributed by atoms with van der Waals surface area (Å²) in [7, 11) is 0. The highest BCUT2D eigenvalue weighted by atomic mass is 19.4. The van der Waals surface area contributed by atoms with Gasteiger partial charge < -0.3 is 15.0 Å². The van der Waals surface area contributed by atoms with Crippen molar-refractivity contribution in [3.63, 3.8) is 0 Å². The predicted molar refractivity (Wildman–Crippen MR) is 89.5 cm³/mol. The molecule has 1 aromatic carbocycles. The Kier molecular flexibility index (Phi) is 6.88. The van der Waals surface area contributed by atoms with Crippen LogP contribution in [0, 0.1) is 0 Å². The van der Waals surface area contributed by atoms with E-state index >= 15 is 0 Å². The first-order valence-electron chi connectivity index (χ1n) is 8.66. The Balaban J connectivity index is 1.93. The first kappa shape index (κ1) is 20.1. The molecule has 1 saturated heterocycles. The van der Waals surface area contributed by atoms with Crippen molar-refractivity contribution < 1.29 is 27.5 Å². The third kappa shape index (κ3) is 5.93. The fourth-order valence-corrected chi connectivity index (χ4v) is 2.92. The molecule has 0 saturated carbocycles. The molecule has 144 valence electrons. The number of hydrogen-bond donors (Lipinski definition) is 1. The van der Waals surface area contributed by atoms with Gasteiger partial charge in [0.15, 0.2) is 6.61 Å². The number of carbonyl (C=O) groups excluding carboxylic acids is 2. The number of piperidine rings is 1. The number of nitrogens with zero attached hydrogens (tertiary/aromatic N) is 1. The highest BCUT2D eigenvalue weighted by Gasteiger charge is 2.31. The van der Waals surface area contributed by atoms with Gasteiger partial charge in [0, 0.05) is 19.5 Å². The number of nitrogens with one attached hydrogen (secondary N) is 1. The van der Waals surface area contributed by atoms with Gasteiger partial charge in [0.1, 0.15) is 11.8 Å². The van der Waals surface area contributed by atoms with Gasteiger partial charge >= 0.3 is 6.18 Å². The molecule has 5 nitrogen and oxygen atoms in total. The summed E-state index contributed by atoms with van der Waals surface area (Å²) < 4.78 is 41.4. The van der Waals surface area contributed by atoms with Crippen molar-refractivity contribution in [2.45, 2.75) is 51.4 Å². The second-order valence-corrected chi connectivity index (χ2v) is 6.22. The summed E-state index contributed by atoms with van der Waals surface area (Å²) in [5.74, 6) is -0.199. The fraction of sp³-hybridized carbons (Fsp3) is 0.556. The Bertz CT molecular complexity index is 634. The van der Waals surface area contributed by atoms with Crippen LogP contribution in [0.25, 0.3) is 0 Å². The average Bonchev–Trinajstić information content (AvgIpc) is 2.63. The minimum Gasteiger partial charge on any atom is -0.484 e. The van der Waals surface area contributed by atoms with Crippen molar-refractivity contribution in [3.05, 3.63) is 29.8 Å². The number of carbonyl (C=O) groups is 2. The van der Waals surface area contributed by atoms with Crippen molar-refractivity contribution in [2.75, 3.05) is 13.2 Å². The molecule has 0 bridgehead atoms. The van der Waals surface area contributed by atoms with E-state index in [-0.39, 0.29) is 24.1 Å². The van der Waals surface area contributed by atoms with Crippen LogP contribution < -0.4 is 10.1 Å². The smallest absolute Gasteiger partial charge is 0.422 e. The largest absolute Gasteiger partial charge is 0.484 e. The first-order valence-corrected chi connectivity index (χ1v) is 8.66. The molecule has 8 heteroatoms. The molecule has 0 spiro atoms. The lowest BCUT2D eigenvalue weighted by molar-refractivity contribution is -0.153. The number of halogens is 3. The predicted octanol–water partition coefficient (Wildman–Crippen LogP) is 3.04. The molecule has 1 heterocycles. The highest BCUT2D eigenvalue weighted by molar-refractivity contribution is 5.87. The normalized spacial score (nSPS) is 17.7. The first-order chi connectivity index (χ1) is 12.3. The van der Waals surface area contributed by atoms with Crippen LogP contribution in [-0.4, -0.2) is 42.1 Å². The van der Waals surface area contributed by atoms with E-state index in [1.54, 1.807) is 24.0 Å². The van der Waals surface area contributed by atoms with Gasteiger partial charge in [0.25, 0.3) is 0 Å². The summed E-state index contributed by atoms with van der Waals surface area (Å²) in [5, 5.41) is 2.77. The number of ether oxygens (including phenoxy) is 1. The molecule has 0 radical (unpaired) electrons. The van der Waals surface area contributed by atoms with E-state index < -0.39 is 18.8 Å². The van der Waals surface area contributed by atoms with E-state index in [2.05, 4.69) is 5.32 Å². The van der Waals surface area contributed by atoms with Gasteiger partial charge in [-0.15, -0.1) is 0 Å². The number of amides is 2. The molecule has 1 N–H and O–H groups in total. The molecule has 1 fully saturated rings. The van der Waals surface area contributed by atoms with Gasteiger partial charge in [-0.1, -0.05) is 19.1 Å². The minimum atomic E-state index is -4.40. The Hall–Kier alpha value is -2.25. The maximum Gasteiger partial charge on any atom is 0.422 e. The number of alkyl halides is 3. The quantitative estimate of drug-likeness (QED) is 0.835. The average molecular weight is 372 g/mol. The van der Waals surface area contributed by atoms with Gasteiger partial charge in [-0.2, -0.15) is 13.2 Å². The van der Waals surface area contributed by atoms with Crippen LogP contribution in [0.5, 0.6) is 5.75 Å². The summed E-state index contributed by atoms with van der Waals surface area (Å²) >= 11 is 0. The van der Waals surface area contributed by atoms with Crippen LogP contribution in [0.2, 0.25) is 0 Å². The van der Waals surface area contributed by atoms with Crippen molar-refractivity contribution in [3.8, 4) is 5.75 Å². The van der Waals surface area contributed by atoms with E-state index in [0.29, 0.717) is 24.9 Å². The van der Waals surface area contributed by atoms with Gasteiger partial charge in [-0.3, -0.25) is 9.59 Å². The molecule has 1 aliphatic heterocycles. The monoisotopic (exact) mass is 372 g/mol. The van der Waals surface area contributed by atoms with Crippen LogP contribution >= 0.6 is 0 Å². The molecule has 1 aromatic rings. The van der Waals surface area contributed by atoms with E-state index in [9.17, 15) is 22.8 Å². The minimum absolute atomic E-state index is 0.0487. The van der Waals surface area contributed by atoms with E-state index in [0.717, 1.165) is 12.8 Å². The Labute approximate surface area is 150 Å². The van der Waals surface area contributed by atoms with Crippen LogP contribution in [0.1, 0.15) is 38.2 Å². The Morgan fingerprint density at radius 1 is 1.31 bits per heavy atom. The summed E-state index contributed by atoms with van der Waals surface area (Å²) in [6, 6.07) is 5.67. The molecule has 1 atom stereocenters. The lowest BCUT2D eigenvalue weighted by Crippen LogP contribution is -2.51. The Morgan fingerprint density at radius 2 is 2.08 bits per heavy atom. The van der Waals surface area contributed by atoms with Crippen LogP contribution in [0.15, 0.2) is 24.3 Å². The fourth-order valence-electron chi connectivity index (χ4n) is 2.92. The van der Waals surface area contributed by atoms with Gasteiger partial charge in [0.05, 0.1) is 0 Å². The lowest BCUT2D eigenvalue weighted by atomic mass is 10.0. The topological polar surface area (TPSA) is 58.6 Å². The van der Waals surface area contributed by atoms with Crippen molar-refractivity contribution in [1.82, 2.24) is 10.2 Å². The third-order valence-corrected chi connectivity index (χ3v) is 4.20. The zero-order valence-corrected chi connectivity index (χ0v) is 14.6. The second-order valence-electron chi connectivity index (χ2n) is 6.22. The molecule has 2 amide bonds. The maximum atomic E-state index is 12.5. The number of rotatable bonds is 6. The van der Waals surface area contributed by atoms with Crippen molar-refractivity contribution >= 4 is 11.8 Å². The zero-order chi connectivity index (χ0) is 19.2. The van der Waals surface area contributed by atoms with Crippen LogP contribution in [-0.2, 0) is 16.1 Å². The summed E-state index contributed by atoms with van der Waals surface area (Å²) in [4.78, 5) is 26.1. The highest BCUT2D eigenvalue weighted by Crippen LogP contribution is 2.20. The van der Waals surface area contributed by atoms with Gasteiger partial charge in [-0.05, 0) is 37.0 Å². The van der Waals surface area contributed by atoms with E-state index in [1.165, 1.54) is 12.1 Å². The molecule has 0 aliphatic carbocycles. The van der Waals surface area contributed by atoms with Crippen LogP contribution in [0.4, 0.5) is 13.2 Å². The molecular weight excluding hydrogens is 349 g/mol. The van der Waals surface area contributed by atoms with Gasteiger partial charge in [-0.25, -0.2) is 0 Å². The number of hydrogen-bond acceptors (Lipinski definition) is 3. The third-order valence-electron chi connectivity index (χ3n) is 4.20. The molecular formula is C18H23F3N2O3. The number of benzene rings is 1. The zero-order valence-electron chi connectivity index (χ0n) is 14.6. The molecule has 26 heavy (non-hydrogen) atoms. The summed E-state index contributed by atoms with van der Waals surface area (Å²) in [6.45, 7) is 1.13. The van der Waals surface area contributed by atoms with E-state index in [4.69, 9.17) is 4.74 Å². The molecule has 0 unspecified atom stereocenters. The van der Waals surface area contributed by atoms with E-state index in [1.807, 2.05) is 0 Å². The van der Waals surface area contributed by atoms with Gasteiger partial charge in [0.2, 0.25) is 11.8 Å². The Morgan fingerprint density at radius 3 is 2.77 bits per heavy atom. The molecule has 1 aliphatic rings. The lowest BCUT2D eigenvalue weighted by Gasteiger charge is -2.34. The summed E-state index contributed by atoms with van der Waals surface area (Å²) in [5.41, 5.74) is 0.627. The maximum absolute atomic E-state index is 12.5. The van der Waals surface area contributed by atoms with Crippen molar-refractivity contribution in [2.24, 2.45) is 0 Å². The van der Waals surface area contributed by atoms with Crippen molar-refractivity contribution in [1.29, 1.82) is 0 Å². The number of likely N-dealkylation sites (tertiary alicyclic amines) is 1. The van der Waals surface area contributed by atoms with Crippen LogP contribution in [0.3, 0.4) is 0 Å². The second kappa shape index (κ2) is 8.91. The molecule has 2 rings (SSSR count). The SMILES string of the molecule is CCC(=O)N1CCCC[C@H]1C(=O)NCc1cccc(OCC(F)(F)F)c1. The standard InChI is InChI=1S/C18H23F3N2O3/c1-2-16(24)23-9-4-3-8-15(23)17(25)22-11-13-6-5-7-14(10-13)26-12-18(19,20)21/h5-7,10,15H,2-4,8-9,11-12H2,1H3,(H,22,25)/t15-/m0/s1. The summed E-state index contributed by atoms with van der Waals surface area (Å²) in [6.07, 6.45) is -1.67. The molecule has 0 aromatic heterocycles.